The summed E-state index contributed by atoms with van der Waals surface area (Å²) in [5.74, 6) is 0.408. The lowest BCUT2D eigenvalue weighted by Gasteiger charge is -2.13. The number of aromatic nitrogens is 3. The summed E-state index contributed by atoms with van der Waals surface area (Å²) in [6.45, 7) is 3.78. The van der Waals surface area contributed by atoms with E-state index in [-0.39, 0.29) is 0 Å². The molecule has 0 aliphatic heterocycles. The van der Waals surface area contributed by atoms with Crippen molar-refractivity contribution >= 4 is 28.3 Å². The molecule has 0 aliphatic rings. The molecule has 0 saturated heterocycles. The van der Waals surface area contributed by atoms with Crippen LogP contribution in [0.25, 0.3) is 33.4 Å². The van der Waals surface area contributed by atoms with Gasteiger partial charge >= 0.3 is 0 Å². The second-order valence-corrected chi connectivity index (χ2v) is 6.55. The SMILES string of the molecule is C=CCc1nc(-c2cc(Cl)c3ncccc3c2)c(-c2ccccc2)nc1N. The van der Waals surface area contributed by atoms with Crippen LogP contribution in [0, 0.1) is 0 Å². The van der Waals surface area contributed by atoms with E-state index in [0.29, 0.717) is 23.0 Å². The van der Waals surface area contributed by atoms with Gasteiger partial charge in [0.25, 0.3) is 0 Å². The third-order valence-electron chi connectivity index (χ3n) is 4.32. The van der Waals surface area contributed by atoms with Gasteiger partial charge in [0.05, 0.1) is 27.6 Å². The van der Waals surface area contributed by atoms with E-state index >= 15 is 0 Å². The minimum absolute atomic E-state index is 0.408. The molecule has 0 amide bonds. The van der Waals surface area contributed by atoms with Gasteiger partial charge in [-0.05, 0) is 18.2 Å². The van der Waals surface area contributed by atoms with Gasteiger partial charge in [0.1, 0.15) is 5.82 Å². The van der Waals surface area contributed by atoms with E-state index in [1.807, 2.05) is 54.6 Å². The maximum Gasteiger partial charge on any atom is 0.146 e. The van der Waals surface area contributed by atoms with Crippen LogP contribution < -0.4 is 5.73 Å². The average Bonchev–Trinajstić information content (AvgIpc) is 2.70. The third kappa shape index (κ3) is 3.27. The number of hydrogen-bond donors (Lipinski definition) is 1. The Morgan fingerprint density at radius 3 is 2.52 bits per heavy atom. The first kappa shape index (κ1) is 17.2. The summed E-state index contributed by atoms with van der Waals surface area (Å²) >= 11 is 6.49. The zero-order chi connectivity index (χ0) is 18.8. The van der Waals surface area contributed by atoms with Crippen molar-refractivity contribution in [1.29, 1.82) is 0 Å². The fourth-order valence-corrected chi connectivity index (χ4v) is 3.33. The van der Waals surface area contributed by atoms with Gasteiger partial charge in [-0.15, -0.1) is 6.58 Å². The van der Waals surface area contributed by atoms with E-state index in [4.69, 9.17) is 22.3 Å². The molecule has 0 fully saturated rings. The highest BCUT2D eigenvalue weighted by Gasteiger charge is 2.16. The molecular formula is C22H17ClN4. The van der Waals surface area contributed by atoms with E-state index in [2.05, 4.69) is 16.5 Å². The summed E-state index contributed by atoms with van der Waals surface area (Å²) < 4.78 is 0. The van der Waals surface area contributed by atoms with Crippen molar-refractivity contribution < 1.29 is 0 Å². The van der Waals surface area contributed by atoms with Gasteiger partial charge in [-0.2, -0.15) is 0 Å². The number of hydrogen-bond acceptors (Lipinski definition) is 4. The molecule has 5 heteroatoms. The van der Waals surface area contributed by atoms with Crippen LogP contribution in [0.2, 0.25) is 5.02 Å². The normalized spacial score (nSPS) is 10.9. The molecule has 27 heavy (non-hydrogen) atoms. The molecule has 0 spiro atoms. The molecule has 2 heterocycles. The highest BCUT2D eigenvalue weighted by atomic mass is 35.5. The molecule has 4 aromatic rings. The van der Waals surface area contributed by atoms with Gasteiger partial charge in [0, 0.05) is 29.1 Å². The smallest absolute Gasteiger partial charge is 0.146 e. The Morgan fingerprint density at radius 1 is 0.963 bits per heavy atom. The zero-order valence-electron chi connectivity index (χ0n) is 14.6. The van der Waals surface area contributed by atoms with Gasteiger partial charge in [0.15, 0.2) is 0 Å². The second-order valence-electron chi connectivity index (χ2n) is 6.14. The molecule has 132 valence electrons. The van der Waals surface area contributed by atoms with Crippen LogP contribution >= 0.6 is 11.6 Å². The lowest BCUT2D eigenvalue weighted by molar-refractivity contribution is 1.08. The van der Waals surface area contributed by atoms with Gasteiger partial charge in [-0.25, -0.2) is 9.97 Å². The average molecular weight is 373 g/mol. The number of nitrogens with zero attached hydrogens (tertiary/aromatic N) is 3. The summed E-state index contributed by atoms with van der Waals surface area (Å²) in [7, 11) is 0. The summed E-state index contributed by atoms with van der Waals surface area (Å²) in [5.41, 5.74) is 10.9. The van der Waals surface area contributed by atoms with E-state index in [1.54, 1.807) is 12.3 Å². The van der Waals surface area contributed by atoms with Crippen molar-refractivity contribution in [2.75, 3.05) is 5.73 Å². The summed E-state index contributed by atoms with van der Waals surface area (Å²) in [5, 5.41) is 1.52. The molecule has 0 saturated carbocycles. The Kier molecular flexibility index (Phi) is 4.57. The monoisotopic (exact) mass is 372 g/mol. The summed E-state index contributed by atoms with van der Waals surface area (Å²) in [6, 6.07) is 17.6. The molecule has 4 rings (SSSR count). The van der Waals surface area contributed by atoms with Gasteiger partial charge in [-0.3, -0.25) is 4.98 Å². The highest BCUT2D eigenvalue weighted by molar-refractivity contribution is 6.35. The number of pyridine rings is 1. The highest BCUT2D eigenvalue weighted by Crippen LogP contribution is 2.34. The van der Waals surface area contributed by atoms with E-state index in [1.165, 1.54) is 0 Å². The molecule has 0 aliphatic carbocycles. The van der Waals surface area contributed by atoms with E-state index in [0.717, 1.165) is 33.4 Å². The molecule has 0 radical (unpaired) electrons. The number of anilines is 1. The molecule has 0 unspecified atom stereocenters. The Bertz CT molecular complexity index is 1140. The van der Waals surface area contributed by atoms with Crippen molar-refractivity contribution in [1.82, 2.24) is 15.0 Å². The number of rotatable bonds is 4. The molecule has 0 bridgehead atoms. The van der Waals surface area contributed by atoms with Crippen molar-refractivity contribution in [2.24, 2.45) is 0 Å². The van der Waals surface area contributed by atoms with Crippen LogP contribution in [-0.4, -0.2) is 15.0 Å². The largest absolute Gasteiger partial charge is 0.382 e. The van der Waals surface area contributed by atoms with Crippen molar-refractivity contribution in [3.8, 4) is 22.5 Å². The van der Waals surface area contributed by atoms with Crippen molar-refractivity contribution in [3.05, 3.63) is 84.2 Å². The Labute approximate surface area is 162 Å². The van der Waals surface area contributed by atoms with Gasteiger partial charge < -0.3 is 5.73 Å². The predicted octanol–water partition coefficient (Wildman–Crippen LogP) is 5.32. The topological polar surface area (TPSA) is 64.7 Å². The van der Waals surface area contributed by atoms with Crippen LogP contribution in [0.1, 0.15) is 5.69 Å². The number of fused-ring (bicyclic) bond motifs is 1. The maximum absolute atomic E-state index is 6.49. The number of benzene rings is 2. The Balaban J connectivity index is 2.00. The molecule has 2 aromatic carbocycles. The molecule has 2 N–H and O–H groups in total. The lowest BCUT2D eigenvalue weighted by Crippen LogP contribution is -2.05. The lowest BCUT2D eigenvalue weighted by atomic mass is 10.0. The fraction of sp³-hybridized carbons (Fsp3) is 0.0455. The van der Waals surface area contributed by atoms with Gasteiger partial charge in [0.2, 0.25) is 0 Å². The van der Waals surface area contributed by atoms with E-state index < -0.39 is 0 Å². The van der Waals surface area contributed by atoms with Crippen molar-refractivity contribution in [3.63, 3.8) is 0 Å². The number of nitrogens with two attached hydrogens (primary N) is 1. The van der Waals surface area contributed by atoms with Crippen molar-refractivity contribution in [2.45, 2.75) is 6.42 Å². The maximum atomic E-state index is 6.49. The van der Waals surface area contributed by atoms with E-state index in [9.17, 15) is 0 Å². The zero-order valence-corrected chi connectivity index (χ0v) is 15.3. The summed E-state index contributed by atoms with van der Waals surface area (Å²) in [4.78, 5) is 13.8. The minimum atomic E-state index is 0.408. The van der Waals surface area contributed by atoms with Crippen LogP contribution in [0.15, 0.2) is 73.4 Å². The molecule has 2 aromatic heterocycles. The number of nitrogen functional groups attached to an aromatic ring is 1. The van der Waals surface area contributed by atoms with Crippen LogP contribution in [0.3, 0.4) is 0 Å². The molecule has 4 nitrogen and oxygen atoms in total. The van der Waals surface area contributed by atoms with Crippen LogP contribution in [0.4, 0.5) is 5.82 Å². The first-order chi connectivity index (χ1) is 13.2. The number of allylic oxidation sites excluding steroid dienone is 1. The van der Waals surface area contributed by atoms with Crippen LogP contribution in [0.5, 0.6) is 0 Å². The third-order valence-corrected chi connectivity index (χ3v) is 4.60. The first-order valence-electron chi connectivity index (χ1n) is 8.54. The summed E-state index contributed by atoms with van der Waals surface area (Å²) in [6.07, 6.45) is 4.04. The van der Waals surface area contributed by atoms with Gasteiger partial charge in [-0.1, -0.05) is 54.1 Å². The quantitative estimate of drug-likeness (QED) is 0.492. The second kappa shape index (κ2) is 7.17. The predicted molar refractivity (Wildman–Crippen MR) is 112 cm³/mol. The van der Waals surface area contributed by atoms with Crippen LogP contribution in [-0.2, 0) is 6.42 Å². The Hall–Kier alpha value is -3.24. The molecular weight excluding hydrogens is 356 g/mol. The first-order valence-corrected chi connectivity index (χ1v) is 8.92. The minimum Gasteiger partial charge on any atom is -0.382 e. The standard InChI is InChI=1S/C22H17ClN4/c1-2-7-18-22(24)27-20(14-8-4-3-5-9-14)21(26-18)16-12-15-10-6-11-25-19(15)17(23)13-16/h2-6,8-13H,1,7H2,(H2,24,27). The fourth-order valence-electron chi connectivity index (χ4n) is 3.05. The molecule has 0 atom stereocenters. The number of halogens is 1. The Morgan fingerprint density at radius 2 is 1.74 bits per heavy atom.